The Labute approximate surface area is 303 Å². The van der Waals surface area contributed by atoms with E-state index >= 15 is 0 Å². The fourth-order valence-electron chi connectivity index (χ4n) is 6.54. The highest BCUT2D eigenvalue weighted by Crippen LogP contribution is 2.51. The zero-order valence-corrected chi connectivity index (χ0v) is 30.2. The maximum atomic E-state index is 14.2. The molecule has 0 fully saturated rings. The quantitative estimate of drug-likeness (QED) is 0.151. The number of thiazole rings is 1. The monoisotopic (exact) mass is 726 g/mol. The summed E-state index contributed by atoms with van der Waals surface area (Å²) < 4.78 is 29.1. The molecule has 0 aliphatic heterocycles. The Kier molecular flexibility index (Phi) is 10.7. The Morgan fingerprint density at radius 1 is 0.962 bits per heavy atom. The van der Waals surface area contributed by atoms with Crippen LogP contribution in [0.2, 0.25) is 0 Å². The van der Waals surface area contributed by atoms with Crippen LogP contribution in [0, 0.1) is 0 Å². The van der Waals surface area contributed by atoms with Crippen LogP contribution in [-0.4, -0.2) is 57.7 Å². The van der Waals surface area contributed by atoms with Crippen LogP contribution in [0.1, 0.15) is 42.5 Å². The first-order valence-corrected chi connectivity index (χ1v) is 17.4. The maximum Gasteiger partial charge on any atom is 0.227 e. The van der Waals surface area contributed by atoms with Crippen LogP contribution >= 0.6 is 11.3 Å². The van der Waals surface area contributed by atoms with Gasteiger partial charge < -0.3 is 39.3 Å². The van der Waals surface area contributed by atoms with Crippen LogP contribution in [0.4, 0.5) is 5.13 Å². The molecule has 0 bridgehead atoms. The summed E-state index contributed by atoms with van der Waals surface area (Å²) >= 11 is 1.30. The number of nitrogens with one attached hydrogen (secondary N) is 3. The number of nitrogens with zero attached hydrogens (tertiary/aromatic N) is 1. The molecule has 14 heteroatoms. The van der Waals surface area contributed by atoms with Crippen LogP contribution in [0.15, 0.2) is 63.3 Å². The molecule has 52 heavy (non-hydrogen) atoms. The molecule has 5 aromatic rings. The number of aromatic nitrogens is 1. The van der Waals surface area contributed by atoms with Gasteiger partial charge in [0.2, 0.25) is 28.9 Å². The maximum absolute atomic E-state index is 14.2. The number of carbonyl (C=O) groups is 3. The predicted octanol–water partition coefficient (Wildman–Crippen LogP) is 5.43. The van der Waals surface area contributed by atoms with Gasteiger partial charge in [0.1, 0.15) is 11.5 Å². The van der Waals surface area contributed by atoms with Crippen molar-refractivity contribution < 1.29 is 37.7 Å². The Morgan fingerprint density at radius 2 is 1.73 bits per heavy atom. The first-order valence-electron chi connectivity index (χ1n) is 16.5. The molecule has 0 radical (unpaired) electrons. The number of amides is 3. The topological polar surface area (TPSA) is 167 Å². The molecular weight excluding hydrogens is 689 g/mol. The number of benzene rings is 2. The summed E-state index contributed by atoms with van der Waals surface area (Å²) in [7, 11) is 6.14. The van der Waals surface area contributed by atoms with Gasteiger partial charge in [0.05, 0.1) is 40.9 Å². The van der Waals surface area contributed by atoms with Gasteiger partial charge in [-0.15, -0.1) is 11.3 Å². The average Bonchev–Trinajstić information content (AvgIpc) is 3.71. The highest BCUT2D eigenvalue weighted by Gasteiger charge is 2.31. The van der Waals surface area contributed by atoms with Gasteiger partial charge in [-0.2, -0.15) is 0 Å². The Bertz CT molecular complexity index is 2200. The molecule has 1 aliphatic rings. The van der Waals surface area contributed by atoms with E-state index < -0.39 is 11.5 Å². The molecule has 3 aromatic carbocycles. The summed E-state index contributed by atoms with van der Waals surface area (Å²) in [5.41, 5.74) is 3.35. The summed E-state index contributed by atoms with van der Waals surface area (Å²) in [5, 5.41) is 11.2. The second kappa shape index (κ2) is 15.6. The van der Waals surface area contributed by atoms with Gasteiger partial charge in [-0.25, -0.2) is 4.98 Å². The number of methoxy groups -OCH3 is 4. The molecular formula is C38H38N4O9S. The third-order valence-corrected chi connectivity index (χ3v) is 9.53. The number of hydrogen-bond acceptors (Lipinski definition) is 11. The highest BCUT2D eigenvalue weighted by atomic mass is 32.1. The Balaban J connectivity index is 1.52. The summed E-state index contributed by atoms with van der Waals surface area (Å²) in [4.78, 5) is 56.7. The summed E-state index contributed by atoms with van der Waals surface area (Å²) in [6.45, 7) is 1.50. The zero-order chi connectivity index (χ0) is 36.9. The number of hydrogen-bond donors (Lipinski definition) is 3. The van der Waals surface area contributed by atoms with Crippen molar-refractivity contribution in [2.45, 2.75) is 38.6 Å². The van der Waals surface area contributed by atoms with Crippen molar-refractivity contribution in [1.82, 2.24) is 15.6 Å². The van der Waals surface area contributed by atoms with Crippen molar-refractivity contribution in [2.24, 2.45) is 0 Å². The van der Waals surface area contributed by atoms with E-state index in [9.17, 15) is 19.2 Å². The lowest BCUT2D eigenvalue weighted by Crippen LogP contribution is -2.29. The zero-order valence-electron chi connectivity index (χ0n) is 29.3. The van der Waals surface area contributed by atoms with E-state index in [1.54, 1.807) is 50.1 Å². The van der Waals surface area contributed by atoms with E-state index in [0.29, 0.717) is 79.9 Å². The lowest BCUT2D eigenvalue weighted by molar-refractivity contribution is -0.121. The minimum Gasteiger partial charge on any atom is -0.497 e. The highest BCUT2D eigenvalue weighted by molar-refractivity contribution is 7.13. The van der Waals surface area contributed by atoms with E-state index in [2.05, 4.69) is 20.9 Å². The van der Waals surface area contributed by atoms with E-state index in [1.165, 1.54) is 38.5 Å². The Hall–Kier alpha value is -5.89. The van der Waals surface area contributed by atoms with Crippen LogP contribution in [0.3, 0.4) is 0 Å². The van der Waals surface area contributed by atoms with Gasteiger partial charge in [-0.3, -0.25) is 19.2 Å². The van der Waals surface area contributed by atoms with E-state index in [0.717, 1.165) is 5.56 Å². The largest absolute Gasteiger partial charge is 0.497 e. The Morgan fingerprint density at radius 3 is 2.38 bits per heavy atom. The van der Waals surface area contributed by atoms with Crippen molar-refractivity contribution >= 4 is 45.2 Å². The first-order chi connectivity index (χ1) is 25.1. The molecule has 0 saturated carbocycles. The second-order valence-corrected chi connectivity index (χ2v) is 12.9. The van der Waals surface area contributed by atoms with Crippen molar-refractivity contribution in [3.8, 4) is 45.4 Å². The minimum atomic E-state index is -0.533. The van der Waals surface area contributed by atoms with Gasteiger partial charge >= 0.3 is 0 Å². The molecule has 3 amide bonds. The molecule has 3 N–H and O–H groups in total. The number of anilines is 1. The molecule has 1 atom stereocenters. The molecule has 0 unspecified atom stereocenters. The number of fused-ring (bicyclic) bond motifs is 4. The van der Waals surface area contributed by atoms with Crippen molar-refractivity contribution in [3.63, 3.8) is 0 Å². The molecule has 13 nitrogen and oxygen atoms in total. The minimum absolute atomic E-state index is 0.0301. The number of furan rings is 1. The average molecular weight is 727 g/mol. The van der Waals surface area contributed by atoms with Gasteiger partial charge in [-0.05, 0) is 72.0 Å². The third-order valence-electron chi connectivity index (χ3n) is 8.84. The van der Waals surface area contributed by atoms with Crippen LogP contribution in [-0.2, 0) is 27.2 Å². The number of rotatable bonds is 12. The van der Waals surface area contributed by atoms with Crippen LogP contribution in [0.5, 0.6) is 23.0 Å². The van der Waals surface area contributed by atoms with Gasteiger partial charge in [0, 0.05) is 53.5 Å². The standard InChI is InChI=1S/C38H38N4O9S/c1-20(43)41-28-11-8-22-16-30(48-3)36(49-4)37(50-5)33(22)25-17-26-27(19-32(46)39-13-12-31(45)42-38-40-14-15-52-38)34(21-6-9-23(47-2)10-7-21)51-35(26)29(44)18-24(25)28/h6-7,9-10,14-18,28H,8,11-13,19H2,1-5H3,(H,39,46)(H,41,43)(H,40,42,45)/t28-/m0/s1. The lowest BCUT2D eigenvalue weighted by atomic mass is 9.94. The van der Waals surface area contributed by atoms with Gasteiger partial charge in [0.25, 0.3) is 0 Å². The van der Waals surface area contributed by atoms with Crippen LogP contribution in [0.25, 0.3) is 33.4 Å². The number of carbonyl (C=O) groups excluding carboxylic acids is 3. The summed E-state index contributed by atoms with van der Waals surface area (Å²) in [6.07, 6.45) is 2.44. The summed E-state index contributed by atoms with van der Waals surface area (Å²) in [6, 6.07) is 11.7. The van der Waals surface area contributed by atoms with Crippen LogP contribution < -0.4 is 40.3 Å². The molecule has 6 rings (SSSR count). The fraction of sp³-hybridized carbons (Fsp3) is 0.289. The number of ether oxygens (including phenoxy) is 4. The van der Waals surface area contributed by atoms with Gasteiger partial charge in [-0.1, -0.05) is 0 Å². The van der Waals surface area contributed by atoms with E-state index in [1.807, 2.05) is 12.1 Å². The first kappa shape index (κ1) is 35.9. The SMILES string of the molecule is COc1ccc(-c2oc3c(=O)cc4c(cc3c2CC(=O)NCCC(=O)Nc2nccs2)-c2c(cc(OC)c(OC)c2OC)CC[C@@H]4NC(C)=O)cc1. The number of aryl methyl sites for hydroxylation is 1. The van der Waals surface area contributed by atoms with Crippen molar-refractivity contribution in [3.05, 3.63) is 81.0 Å². The fourth-order valence-corrected chi connectivity index (χ4v) is 7.08. The molecule has 0 saturated heterocycles. The third kappa shape index (κ3) is 7.28. The molecule has 2 heterocycles. The molecule has 270 valence electrons. The molecule has 1 aliphatic carbocycles. The predicted molar refractivity (Wildman–Crippen MR) is 197 cm³/mol. The summed E-state index contributed by atoms with van der Waals surface area (Å²) in [5.74, 6) is 1.24. The second-order valence-electron chi connectivity index (χ2n) is 12.0. The smallest absolute Gasteiger partial charge is 0.227 e. The van der Waals surface area contributed by atoms with Crippen molar-refractivity contribution in [2.75, 3.05) is 40.3 Å². The van der Waals surface area contributed by atoms with E-state index in [-0.39, 0.29) is 42.7 Å². The molecule has 0 spiro atoms. The van der Waals surface area contributed by atoms with E-state index in [4.69, 9.17) is 23.4 Å². The van der Waals surface area contributed by atoms with Crippen molar-refractivity contribution in [1.29, 1.82) is 0 Å². The normalized spacial score (nSPS) is 13.3. The molecule has 2 aromatic heterocycles. The van der Waals surface area contributed by atoms with Gasteiger partial charge in [0.15, 0.2) is 22.2 Å². The lowest BCUT2D eigenvalue weighted by Gasteiger charge is -2.20.